The fourth-order valence-corrected chi connectivity index (χ4v) is 4.09. The number of nitro groups is 2. The lowest BCUT2D eigenvalue weighted by atomic mass is 10.2. The van der Waals surface area contributed by atoms with Gasteiger partial charge in [0.25, 0.3) is 11.6 Å². The molecule has 0 radical (unpaired) electrons. The minimum atomic E-state index is -0.578. The predicted octanol–water partition coefficient (Wildman–Crippen LogP) is 5.45. The molecule has 36 heavy (non-hydrogen) atoms. The zero-order valence-corrected chi connectivity index (χ0v) is 19.7. The van der Waals surface area contributed by atoms with Gasteiger partial charge in [-0.3, -0.25) is 25.0 Å². The Bertz CT molecular complexity index is 1440. The van der Waals surface area contributed by atoms with Crippen molar-refractivity contribution in [1.29, 1.82) is 0 Å². The first-order chi connectivity index (χ1) is 17.3. The van der Waals surface area contributed by atoms with Crippen LogP contribution in [0.3, 0.4) is 0 Å². The SMILES string of the molecule is Cc1ccc(Sc2cc(NC(=O)c3ccn(COc4ccccc4[N+](=O)[O-])n3)cc([N+](=O)[O-])c2)cc1. The van der Waals surface area contributed by atoms with E-state index in [4.69, 9.17) is 4.74 Å². The molecule has 0 atom stereocenters. The van der Waals surface area contributed by atoms with Gasteiger partial charge in [0.2, 0.25) is 0 Å². The molecule has 11 nitrogen and oxygen atoms in total. The lowest BCUT2D eigenvalue weighted by molar-refractivity contribution is -0.386. The van der Waals surface area contributed by atoms with E-state index in [0.717, 1.165) is 10.5 Å². The van der Waals surface area contributed by atoms with Crippen LogP contribution in [0.4, 0.5) is 17.1 Å². The number of aromatic nitrogens is 2. The van der Waals surface area contributed by atoms with Crippen LogP contribution in [-0.4, -0.2) is 25.5 Å². The average Bonchev–Trinajstić information content (AvgIpc) is 3.33. The zero-order chi connectivity index (χ0) is 25.7. The van der Waals surface area contributed by atoms with E-state index in [-0.39, 0.29) is 35.2 Å². The molecule has 4 rings (SSSR count). The molecule has 0 unspecified atom stereocenters. The molecule has 0 spiro atoms. The third-order valence-corrected chi connectivity index (χ3v) is 5.88. The second-order valence-electron chi connectivity index (χ2n) is 7.58. The molecule has 182 valence electrons. The number of carbonyl (C=O) groups is 1. The number of nitrogens with zero attached hydrogens (tertiary/aromatic N) is 4. The van der Waals surface area contributed by atoms with Crippen LogP contribution in [0.5, 0.6) is 5.75 Å². The van der Waals surface area contributed by atoms with Gasteiger partial charge in [-0.2, -0.15) is 5.10 Å². The number of anilines is 1. The quantitative estimate of drug-likeness (QED) is 0.234. The Morgan fingerprint density at radius 2 is 1.75 bits per heavy atom. The van der Waals surface area contributed by atoms with Crippen molar-refractivity contribution in [2.45, 2.75) is 23.4 Å². The number of rotatable bonds is 9. The van der Waals surface area contributed by atoms with Crippen molar-refractivity contribution in [3.05, 3.63) is 110 Å². The lowest BCUT2D eigenvalue weighted by Gasteiger charge is -2.08. The smallest absolute Gasteiger partial charge is 0.311 e. The summed E-state index contributed by atoms with van der Waals surface area (Å²) in [5.41, 5.74) is 1.03. The first-order valence-corrected chi connectivity index (χ1v) is 11.3. The number of ether oxygens (including phenoxy) is 1. The maximum Gasteiger partial charge on any atom is 0.311 e. The minimum Gasteiger partial charge on any atom is -0.464 e. The van der Waals surface area contributed by atoms with E-state index >= 15 is 0 Å². The van der Waals surface area contributed by atoms with Crippen molar-refractivity contribution < 1.29 is 19.4 Å². The summed E-state index contributed by atoms with van der Waals surface area (Å²) in [7, 11) is 0. The predicted molar refractivity (Wildman–Crippen MR) is 132 cm³/mol. The minimum absolute atomic E-state index is 0.0420. The lowest BCUT2D eigenvalue weighted by Crippen LogP contribution is -2.14. The molecule has 1 aromatic heterocycles. The maximum absolute atomic E-state index is 12.7. The standard InChI is InChI=1S/C24H19N5O6S/c1-16-6-8-19(9-7-16)36-20-13-17(12-18(14-20)28(31)32)25-24(30)21-10-11-27(26-21)15-35-23-5-3-2-4-22(23)29(33)34/h2-14H,15H2,1H3,(H,25,30). The molecule has 0 saturated carbocycles. The molecule has 0 saturated heterocycles. The highest BCUT2D eigenvalue weighted by Gasteiger charge is 2.17. The molecule has 4 aromatic rings. The van der Waals surface area contributed by atoms with E-state index in [1.54, 1.807) is 12.1 Å². The Morgan fingerprint density at radius 1 is 1.00 bits per heavy atom. The van der Waals surface area contributed by atoms with E-state index in [1.807, 2.05) is 31.2 Å². The van der Waals surface area contributed by atoms with E-state index in [2.05, 4.69) is 10.4 Å². The number of aryl methyl sites for hydroxylation is 1. The van der Waals surface area contributed by atoms with Crippen LogP contribution in [0.1, 0.15) is 16.1 Å². The van der Waals surface area contributed by atoms with Gasteiger partial charge in [-0.25, -0.2) is 4.68 Å². The van der Waals surface area contributed by atoms with Gasteiger partial charge in [0.15, 0.2) is 18.2 Å². The van der Waals surface area contributed by atoms with Crippen molar-refractivity contribution >= 4 is 34.7 Å². The summed E-state index contributed by atoms with van der Waals surface area (Å²) in [5.74, 6) is -0.509. The van der Waals surface area contributed by atoms with Crippen molar-refractivity contribution in [2.24, 2.45) is 0 Å². The second-order valence-corrected chi connectivity index (χ2v) is 8.73. The Hall–Kier alpha value is -4.71. The number of hydrogen-bond acceptors (Lipinski definition) is 8. The van der Waals surface area contributed by atoms with Crippen molar-refractivity contribution in [3.8, 4) is 5.75 Å². The molecular formula is C24H19N5O6S. The number of carbonyl (C=O) groups excluding carboxylic acids is 1. The van der Waals surface area contributed by atoms with Gasteiger partial charge >= 0.3 is 5.69 Å². The summed E-state index contributed by atoms with van der Waals surface area (Å²) < 4.78 is 6.77. The number of nitrogens with one attached hydrogen (secondary N) is 1. The van der Waals surface area contributed by atoms with E-state index < -0.39 is 15.8 Å². The molecule has 12 heteroatoms. The first kappa shape index (κ1) is 24.4. The summed E-state index contributed by atoms with van der Waals surface area (Å²) >= 11 is 1.34. The zero-order valence-electron chi connectivity index (χ0n) is 18.9. The molecule has 0 aliphatic heterocycles. The normalized spacial score (nSPS) is 10.6. The van der Waals surface area contributed by atoms with Crippen molar-refractivity contribution in [1.82, 2.24) is 9.78 Å². The fourth-order valence-electron chi connectivity index (χ4n) is 3.18. The van der Waals surface area contributed by atoms with Gasteiger partial charge in [0.05, 0.1) is 9.85 Å². The van der Waals surface area contributed by atoms with Gasteiger partial charge in [-0.1, -0.05) is 41.6 Å². The Morgan fingerprint density at radius 3 is 2.47 bits per heavy atom. The Kier molecular flexibility index (Phi) is 7.25. The fraction of sp³-hybridized carbons (Fsp3) is 0.0833. The van der Waals surface area contributed by atoms with Crippen molar-refractivity contribution in [3.63, 3.8) is 0 Å². The van der Waals surface area contributed by atoms with E-state index in [0.29, 0.717) is 4.90 Å². The van der Waals surface area contributed by atoms with Crippen LogP contribution < -0.4 is 10.1 Å². The Labute approximate surface area is 209 Å². The molecule has 3 aromatic carbocycles. The van der Waals surface area contributed by atoms with Gasteiger partial charge in [-0.15, -0.1) is 0 Å². The van der Waals surface area contributed by atoms with Gasteiger partial charge in [-0.05, 0) is 37.3 Å². The number of non-ortho nitro benzene ring substituents is 1. The summed E-state index contributed by atoms with van der Waals surface area (Å²) in [6.07, 6.45) is 1.48. The largest absolute Gasteiger partial charge is 0.464 e. The van der Waals surface area contributed by atoms with Crippen LogP contribution in [0, 0.1) is 27.2 Å². The second kappa shape index (κ2) is 10.7. The molecular weight excluding hydrogens is 486 g/mol. The highest BCUT2D eigenvalue weighted by atomic mass is 32.2. The number of nitro benzene ring substituents is 2. The third-order valence-electron chi connectivity index (χ3n) is 4.90. The summed E-state index contributed by atoms with van der Waals surface area (Å²) in [6, 6.07) is 19.4. The number of hydrogen-bond donors (Lipinski definition) is 1. The maximum atomic E-state index is 12.7. The first-order valence-electron chi connectivity index (χ1n) is 10.5. The third kappa shape index (κ3) is 6.04. The molecule has 1 amide bonds. The molecule has 0 aliphatic rings. The Balaban J connectivity index is 1.46. The molecule has 0 bridgehead atoms. The topological polar surface area (TPSA) is 142 Å². The summed E-state index contributed by atoms with van der Waals surface area (Å²) in [6.45, 7) is 1.81. The highest BCUT2D eigenvalue weighted by Crippen LogP contribution is 2.33. The van der Waals surface area contributed by atoms with Crippen LogP contribution in [0.15, 0.2) is 88.8 Å². The average molecular weight is 506 g/mol. The van der Waals surface area contributed by atoms with Crippen LogP contribution >= 0.6 is 11.8 Å². The summed E-state index contributed by atoms with van der Waals surface area (Å²) in [4.78, 5) is 35.7. The number of amides is 1. The van der Waals surface area contributed by atoms with Gasteiger partial charge < -0.3 is 10.1 Å². The van der Waals surface area contributed by atoms with Crippen LogP contribution in [0.25, 0.3) is 0 Å². The van der Waals surface area contributed by atoms with Crippen LogP contribution in [0.2, 0.25) is 0 Å². The van der Waals surface area contributed by atoms with Crippen LogP contribution in [-0.2, 0) is 6.73 Å². The van der Waals surface area contributed by atoms with Crippen molar-refractivity contribution in [2.75, 3.05) is 5.32 Å². The number of para-hydroxylation sites is 2. The monoisotopic (exact) mass is 505 g/mol. The molecule has 1 N–H and O–H groups in total. The molecule has 0 aliphatic carbocycles. The van der Waals surface area contributed by atoms with Gasteiger partial charge in [0.1, 0.15) is 0 Å². The molecule has 1 heterocycles. The van der Waals surface area contributed by atoms with E-state index in [1.165, 1.54) is 59.0 Å². The number of benzene rings is 3. The highest BCUT2D eigenvalue weighted by molar-refractivity contribution is 7.99. The summed E-state index contributed by atoms with van der Waals surface area (Å²) in [5, 5.41) is 29.3. The van der Waals surface area contributed by atoms with E-state index in [9.17, 15) is 25.0 Å². The van der Waals surface area contributed by atoms with Gasteiger partial charge in [0, 0.05) is 39.9 Å². The molecule has 0 fully saturated rings.